The molecule has 2 aliphatic rings. The van der Waals surface area contributed by atoms with Gasteiger partial charge in [0.25, 0.3) is 0 Å². The van der Waals surface area contributed by atoms with Gasteiger partial charge in [0.2, 0.25) is 0 Å². The second kappa shape index (κ2) is 3.90. The molecule has 0 heterocycles. The van der Waals surface area contributed by atoms with Crippen LogP contribution >= 0.6 is 15.9 Å². The van der Waals surface area contributed by atoms with Crippen LogP contribution in [0.2, 0.25) is 0 Å². The van der Waals surface area contributed by atoms with Crippen molar-refractivity contribution in [2.24, 2.45) is 5.41 Å². The van der Waals surface area contributed by atoms with E-state index in [-0.39, 0.29) is 0 Å². The maximum absolute atomic E-state index is 3.68. The van der Waals surface area contributed by atoms with Gasteiger partial charge in [-0.15, -0.1) is 0 Å². The second-order valence-electron chi connectivity index (χ2n) is 4.78. The first-order valence-electron chi connectivity index (χ1n) is 5.60. The molecule has 0 radical (unpaired) electrons. The Morgan fingerprint density at radius 2 is 2.08 bits per heavy atom. The summed E-state index contributed by atoms with van der Waals surface area (Å²) < 4.78 is 0. The summed E-state index contributed by atoms with van der Waals surface area (Å²) in [7, 11) is 0. The van der Waals surface area contributed by atoms with Gasteiger partial charge >= 0.3 is 0 Å². The molecule has 0 aromatic rings. The van der Waals surface area contributed by atoms with Crippen LogP contribution in [0, 0.1) is 5.41 Å². The Morgan fingerprint density at radius 3 is 2.38 bits per heavy atom. The van der Waals surface area contributed by atoms with Gasteiger partial charge in [0, 0.05) is 17.9 Å². The van der Waals surface area contributed by atoms with Crippen molar-refractivity contribution in [1.82, 2.24) is 4.90 Å². The fourth-order valence-electron chi connectivity index (χ4n) is 2.38. The molecule has 2 fully saturated rings. The fraction of sp³-hybridized carbons (Fsp3) is 1.00. The molecule has 76 valence electrons. The van der Waals surface area contributed by atoms with Crippen LogP contribution in [0.1, 0.15) is 39.0 Å². The van der Waals surface area contributed by atoms with Crippen LogP contribution < -0.4 is 0 Å². The Balaban J connectivity index is 1.86. The van der Waals surface area contributed by atoms with Crippen LogP contribution in [-0.2, 0) is 0 Å². The average molecular weight is 246 g/mol. The molecule has 0 aromatic heterocycles. The number of alkyl halides is 1. The van der Waals surface area contributed by atoms with Crippen molar-refractivity contribution < 1.29 is 0 Å². The molecule has 2 rings (SSSR count). The molecule has 0 N–H and O–H groups in total. The highest BCUT2D eigenvalue weighted by Crippen LogP contribution is 2.44. The van der Waals surface area contributed by atoms with E-state index in [9.17, 15) is 0 Å². The van der Waals surface area contributed by atoms with Gasteiger partial charge in [-0.2, -0.15) is 0 Å². The van der Waals surface area contributed by atoms with Crippen molar-refractivity contribution in [2.75, 3.05) is 18.4 Å². The molecule has 0 unspecified atom stereocenters. The molecule has 2 saturated carbocycles. The Kier molecular flexibility index (Phi) is 2.99. The Labute approximate surface area is 90.0 Å². The summed E-state index contributed by atoms with van der Waals surface area (Å²) in [6.45, 7) is 4.90. The van der Waals surface area contributed by atoms with Crippen molar-refractivity contribution in [3.05, 3.63) is 0 Å². The molecule has 0 saturated heterocycles. The Hall–Kier alpha value is 0.440. The van der Waals surface area contributed by atoms with Gasteiger partial charge in [-0.05, 0) is 37.6 Å². The van der Waals surface area contributed by atoms with Gasteiger partial charge in [0.1, 0.15) is 0 Å². The van der Waals surface area contributed by atoms with Crippen LogP contribution in [0.3, 0.4) is 0 Å². The normalized spacial score (nSPS) is 26.1. The lowest BCUT2D eigenvalue weighted by Gasteiger charge is -2.44. The topological polar surface area (TPSA) is 3.24 Å². The molecule has 0 amide bonds. The third-order valence-electron chi connectivity index (χ3n) is 3.71. The summed E-state index contributed by atoms with van der Waals surface area (Å²) in [5.74, 6) is 0. The number of hydrogen-bond acceptors (Lipinski definition) is 1. The number of hydrogen-bond donors (Lipinski definition) is 0. The Bertz CT molecular complexity index is 167. The molecular formula is C11H20BrN. The number of rotatable bonds is 5. The highest BCUT2D eigenvalue weighted by atomic mass is 79.9. The predicted octanol–water partition coefficient (Wildman–Crippen LogP) is 3.04. The molecule has 2 aliphatic carbocycles. The average Bonchev–Trinajstić information content (AvgIpc) is 2.87. The van der Waals surface area contributed by atoms with E-state index in [1.807, 2.05) is 0 Å². The zero-order valence-corrected chi connectivity index (χ0v) is 10.1. The summed E-state index contributed by atoms with van der Waals surface area (Å²) >= 11 is 3.68. The molecule has 0 spiro atoms. The monoisotopic (exact) mass is 245 g/mol. The van der Waals surface area contributed by atoms with E-state index in [2.05, 4.69) is 27.8 Å². The van der Waals surface area contributed by atoms with Crippen molar-refractivity contribution in [3.8, 4) is 0 Å². The van der Waals surface area contributed by atoms with Crippen LogP contribution in [0.4, 0.5) is 0 Å². The summed E-state index contributed by atoms with van der Waals surface area (Å²) in [5.41, 5.74) is 0.651. The molecule has 0 aliphatic heterocycles. The number of halogens is 1. The minimum absolute atomic E-state index is 0.651. The minimum Gasteiger partial charge on any atom is -0.300 e. The lowest BCUT2D eigenvalue weighted by atomic mass is 9.70. The minimum atomic E-state index is 0.651. The van der Waals surface area contributed by atoms with Crippen molar-refractivity contribution in [1.29, 1.82) is 0 Å². The smallest absolute Gasteiger partial charge is 0.0100 e. The van der Waals surface area contributed by atoms with Gasteiger partial charge in [0.15, 0.2) is 0 Å². The highest BCUT2D eigenvalue weighted by molar-refractivity contribution is 9.09. The van der Waals surface area contributed by atoms with Crippen molar-refractivity contribution in [2.45, 2.75) is 45.1 Å². The first kappa shape index (κ1) is 9.97. The quantitative estimate of drug-likeness (QED) is 0.674. The van der Waals surface area contributed by atoms with E-state index < -0.39 is 0 Å². The van der Waals surface area contributed by atoms with Crippen LogP contribution in [0.5, 0.6) is 0 Å². The SMILES string of the molecule is CCN(CC1(CBr)CCC1)C1CC1. The maximum atomic E-state index is 3.68. The maximum Gasteiger partial charge on any atom is 0.0100 e. The molecule has 1 nitrogen and oxygen atoms in total. The third kappa shape index (κ3) is 2.10. The molecule has 2 heteroatoms. The summed E-state index contributed by atoms with van der Waals surface area (Å²) in [5, 5.41) is 1.21. The van der Waals surface area contributed by atoms with E-state index >= 15 is 0 Å². The largest absolute Gasteiger partial charge is 0.300 e. The molecular weight excluding hydrogens is 226 g/mol. The van der Waals surface area contributed by atoms with Gasteiger partial charge in [0.05, 0.1) is 0 Å². The van der Waals surface area contributed by atoms with Crippen LogP contribution in [-0.4, -0.2) is 29.4 Å². The second-order valence-corrected chi connectivity index (χ2v) is 5.34. The van der Waals surface area contributed by atoms with Gasteiger partial charge in [-0.25, -0.2) is 0 Å². The predicted molar refractivity (Wildman–Crippen MR) is 60.3 cm³/mol. The molecule has 0 aromatic carbocycles. The van der Waals surface area contributed by atoms with Gasteiger partial charge in [-0.3, -0.25) is 0 Å². The van der Waals surface area contributed by atoms with Gasteiger partial charge < -0.3 is 4.90 Å². The number of nitrogens with zero attached hydrogens (tertiary/aromatic N) is 1. The molecule has 0 bridgehead atoms. The Morgan fingerprint density at radius 1 is 1.38 bits per heavy atom. The first-order chi connectivity index (χ1) is 6.29. The third-order valence-corrected chi connectivity index (χ3v) is 4.90. The van der Waals surface area contributed by atoms with Gasteiger partial charge in [-0.1, -0.05) is 29.3 Å². The van der Waals surface area contributed by atoms with Crippen molar-refractivity contribution >= 4 is 15.9 Å². The van der Waals surface area contributed by atoms with Crippen molar-refractivity contribution in [3.63, 3.8) is 0 Å². The van der Waals surface area contributed by atoms with E-state index in [1.165, 1.54) is 50.5 Å². The van der Waals surface area contributed by atoms with E-state index in [0.29, 0.717) is 5.41 Å². The van der Waals surface area contributed by atoms with Crippen LogP contribution in [0.15, 0.2) is 0 Å². The molecule has 13 heavy (non-hydrogen) atoms. The van der Waals surface area contributed by atoms with E-state index in [4.69, 9.17) is 0 Å². The lowest BCUT2D eigenvalue weighted by molar-refractivity contribution is 0.0897. The van der Waals surface area contributed by atoms with Crippen LogP contribution in [0.25, 0.3) is 0 Å². The van der Waals surface area contributed by atoms with E-state index in [0.717, 1.165) is 6.04 Å². The zero-order valence-electron chi connectivity index (χ0n) is 8.56. The lowest BCUT2D eigenvalue weighted by Crippen LogP contribution is -2.44. The van der Waals surface area contributed by atoms with E-state index in [1.54, 1.807) is 0 Å². The summed E-state index contributed by atoms with van der Waals surface area (Å²) in [6.07, 6.45) is 7.25. The zero-order chi connectivity index (χ0) is 9.31. The summed E-state index contributed by atoms with van der Waals surface area (Å²) in [4.78, 5) is 2.69. The molecule has 0 atom stereocenters. The first-order valence-corrected chi connectivity index (χ1v) is 6.72. The summed E-state index contributed by atoms with van der Waals surface area (Å²) in [6, 6.07) is 0.946. The highest BCUT2D eigenvalue weighted by Gasteiger charge is 2.40. The fourth-order valence-corrected chi connectivity index (χ4v) is 3.12. The standard InChI is InChI=1S/C11H20BrN/c1-2-13(10-4-5-10)9-11(8-12)6-3-7-11/h10H,2-9H2,1H3.